The fourth-order valence-electron chi connectivity index (χ4n) is 2.50. The van der Waals surface area contributed by atoms with Gasteiger partial charge in [-0.15, -0.1) is 0 Å². The summed E-state index contributed by atoms with van der Waals surface area (Å²) in [6, 6.07) is 8.69. The van der Waals surface area contributed by atoms with E-state index in [0.717, 1.165) is 0 Å². The van der Waals surface area contributed by atoms with Gasteiger partial charge in [-0.2, -0.15) is 0 Å². The van der Waals surface area contributed by atoms with Gasteiger partial charge < -0.3 is 18.8 Å². The van der Waals surface area contributed by atoms with Crippen molar-refractivity contribution in [2.45, 2.75) is 19.4 Å². The number of rotatable bonds is 6. The lowest BCUT2D eigenvalue weighted by Crippen LogP contribution is -2.26. The molecule has 0 aliphatic carbocycles. The lowest BCUT2D eigenvalue weighted by Gasteiger charge is -2.18. The molecule has 6 heteroatoms. The number of Topliss-reactive ketones (excluding diaryl/α,β-unsaturated/α-hetero) is 1. The van der Waals surface area contributed by atoms with Crippen molar-refractivity contribution in [1.29, 1.82) is 0 Å². The quantitative estimate of drug-likeness (QED) is 0.762. The molecule has 0 bridgehead atoms. The highest BCUT2D eigenvalue weighted by Gasteiger charge is 2.17. The second-order valence-corrected chi connectivity index (χ2v) is 5.61. The molecule has 2 heterocycles. The second-order valence-electron chi connectivity index (χ2n) is 5.61. The van der Waals surface area contributed by atoms with Crippen LogP contribution in [0.1, 0.15) is 29.0 Å². The monoisotopic (exact) mass is 329 g/mol. The average molecular weight is 329 g/mol. The van der Waals surface area contributed by atoms with E-state index in [9.17, 15) is 9.59 Å². The molecule has 0 saturated carbocycles. The Morgan fingerprint density at radius 2 is 1.88 bits per heavy atom. The van der Waals surface area contributed by atoms with Crippen molar-refractivity contribution in [3.8, 4) is 11.5 Å². The SMILES string of the molecule is CN(Cc1ccco1)C(=O)CCC(=O)c1ccc2c(c1)OCCO2. The van der Waals surface area contributed by atoms with Crippen LogP contribution in [0.5, 0.6) is 11.5 Å². The van der Waals surface area contributed by atoms with E-state index in [1.165, 1.54) is 0 Å². The minimum Gasteiger partial charge on any atom is -0.486 e. The number of hydrogen-bond donors (Lipinski definition) is 0. The van der Waals surface area contributed by atoms with E-state index >= 15 is 0 Å². The van der Waals surface area contributed by atoms with Gasteiger partial charge >= 0.3 is 0 Å². The van der Waals surface area contributed by atoms with Crippen LogP contribution in [-0.4, -0.2) is 36.9 Å². The third-order valence-corrected chi connectivity index (χ3v) is 3.83. The van der Waals surface area contributed by atoms with Crippen molar-refractivity contribution in [3.05, 3.63) is 47.9 Å². The summed E-state index contributed by atoms with van der Waals surface area (Å²) in [6.07, 6.45) is 1.88. The summed E-state index contributed by atoms with van der Waals surface area (Å²) >= 11 is 0. The molecule has 0 fully saturated rings. The summed E-state index contributed by atoms with van der Waals surface area (Å²) in [5.41, 5.74) is 0.528. The van der Waals surface area contributed by atoms with Gasteiger partial charge in [0.05, 0.1) is 12.8 Å². The molecule has 24 heavy (non-hydrogen) atoms. The zero-order valence-corrected chi connectivity index (χ0v) is 13.5. The standard InChI is InChI=1S/C18H19NO5/c1-19(12-14-3-2-8-22-14)18(21)7-5-15(20)13-4-6-16-17(11-13)24-10-9-23-16/h2-4,6,8,11H,5,7,9-10,12H2,1H3. The first-order chi connectivity index (χ1) is 11.6. The van der Waals surface area contributed by atoms with Crippen molar-refractivity contribution in [2.24, 2.45) is 0 Å². The Morgan fingerprint density at radius 1 is 1.08 bits per heavy atom. The maximum absolute atomic E-state index is 12.3. The van der Waals surface area contributed by atoms with Gasteiger partial charge in [0, 0.05) is 25.5 Å². The molecule has 0 unspecified atom stereocenters. The third kappa shape index (κ3) is 3.76. The predicted octanol–water partition coefficient (Wildman–Crippen LogP) is 2.67. The van der Waals surface area contributed by atoms with E-state index in [4.69, 9.17) is 13.9 Å². The molecule has 0 atom stereocenters. The molecule has 1 amide bonds. The van der Waals surface area contributed by atoms with E-state index in [0.29, 0.717) is 42.6 Å². The predicted molar refractivity (Wildman–Crippen MR) is 86.2 cm³/mol. The fourth-order valence-corrected chi connectivity index (χ4v) is 2.50. The Hall–Kier alpha value is -2.76. The van der Waals surface area contributed by atoms with Crippen LogP contribution in [-0.2, 0) is 11.3 Å². The van der Waals surface area contributed by atoms with Crippen molar-refractivity contribution in [3.63, 3.8) is 0 Å². The maximum atomic E-state index is 12.3. The number of carbonyl (C=O) groups is 2. The lowest BCUT2D eigenvalue weighted by atomic mass is 10.1. The van der Waals surface area contributed by atoms with E-state index in [-0.39, 0.29) is 24.5 Å². The zero-order valence-electron chi connectivity index (χ0n) is 13.5. The zero-order chi connectivity index (χ0) is 16.9. The van der Waals surface area contributed by atoms with Crippen molar-refractivity contribution < 1.29 is 23.5 Å². The van der Waals surface area contributed by atoms with Crippen LogP contribution in [0, 0.1) is 0 Å². The number of ketones is 1. The van der Waals surface area contributed by atoms with Crippen LogP contribution in [0.4, 0.5) is 0 Å². The van der Waals surface area contributed by atoms with Crippen LogP contribution in [0.25, 0.3) is 0 Å². The Morgan fingerprint density at radius 3 is 2.62 bits per heavy atom. The normalized spacial score (nSPS) is 12.7. The molecule has 1 aliphatic rings. The number of carbonyl (C=O) groups excluding carboxylic acids is 2. The number of nitrogens with zero attached hydrogens (tertiary/aromatic N) is 1. The van der Waals surface area contributed by atoms with E-state index in [1.54, 1.807) is 42.5 Å². The smallest absolute Gasteiger partial charge is 0.223 e. The minimum atomic E-state index is -0.0997. The van der Waals surface area contributed by atoms with Crippen molar-refractivity contribution in [1.82, 2.24) is 4.90 Å². The molecule has 1 aromatic carbocycles. The molecule has 0 saturated heterocycles. The number of hydrogen-bond acceptors (Lipinski definition) is 5. The summed E-state index contributed by atoms with van der Waals surface area (Å²) in [6.45, 7) is 1.38. The van der Waals surface area contributed by atoms with Gasteiger partial charge in [-0.3, -0.25) is 9.59 Å². The summed E-state index contributed by atoms with van der Waals surface area (Å²) in [4.78, 5) is 26.0. The molecule has 3 rings (SSSR count). The van der Waals surface area contributed by atoms with Gasteiger partial charge in [-0.25, -0.2) is 0 Å². The first-order valence-electron chi connectivity index (χ1n) is 7.82. The van der Waals surface area contributed by atoms with Crippen molar-refractivity contribution in [2.75, 3.05) is 20.3 Å². The van der Waals surface area contributed by atoms with Gasteiger partial charge in [-0.05, 0) is 30.3 Å². The number of furan rings is 1. The van der Waals surface area contributed by atoms with Crippen LogP contribution < -0.4 is 9.47 Å². The van der Waals surface area contributed by atoms with E-state index in [2.05, 4.69) is 0 Å². The van der Waals surface area contributed by atoms with Crippen molar-refractivity contribution >= 4 is 11.7 Å². The Balaban J connectivity index is 1.54. The van der Waals surface area contributed by atoms with E-state index in [1.807, 2.05) is 6.07 Å². The second kappa shape index (κ2) is 7.21. The molecular formula is C18H19NO5. The molecule has 0 spiro atoms. The number of amides is 1. The Labute approximate surface area is 140 Å². The first-order valence-corrected chi connectivity index (χ1v) is 7.82. The summed E-state index contributed by atoms with van der Waals surface area (Å²) in [7, 11) is 1.69. The van der Waals surface area contributed by atoms with Gasteiger partial charge in [0.15, 0.2) is 17.3 Å². The number of benzene rings is 1. The van der Waals surface area contributed by atoms with Gasteiger partial charge in [0.25, 0.3) is 0 Å². The maximum Gasteiger partial charge on any atom is 0.223 e. The van der Waals surface area contributed by atoms with Crippen LogP contribution in [0.2, 0.25) is 0 Å². The molecule has 1 aliphatic heterocycles. The highest BCUT2D eigenvalue weighted by atomic mass is 16.6. The lowest BCUT2D eigenvalue weighted by molar-refractivity contribution is -0.130. The number of ether oxygens (including phenoxy) is 2. The van der Waals surface area contributed by atoms with Gasteiger partial charge in [0.1, 0.15) is 19.0 Å². The molecule has 126 valence electrons. The molecule has 1 aromatic heterocycles. The topological polar surface area (TPSA) is 69.0 Å². The largest absolute Gasteiger partial charge is 0.486 e. The van der Waals surface area contributed by atoms with Crippen LogP contribution >= 0.6 is 0 Å². The average Bonchev–Trinajstić information content (AvgIpc) is 3.11. The van der Waals surface area contributed by atoms with Gasteiger partial charge in [0.2, 0.25) is 5.91 Å². The summed E-state index contributed by atoms with van der Waals surface area (Å²) in [5.74, 6) is 1.74. The molecular weight excluding hydrogens is 310 g/mol. The highest BCUT2D eigenvalue weighted by Crippen LogP contribution is 2.31. The molecule has 2 aromatic rings. The third-order valence-electron chi connectivity index (χ3n) is 3.83. The van der Waals surface area contributed by atoms with Crippen LogP contribution in [0.3, 0.4) is 0 Å². The molecule has 0 N–H and O–H groups in total. The fraction of sp³-hybridized carbons (Fsp3) is 0.333. The molecule has 6 nitrogen and oxygen atoms in total. The first kappa shape index (κ1) is 16.1. The Bertz CT molecular complexity index is 723. The summed E-state index contributed by atoms with van der Waals surface area (Å²) < 4.78 is 16.1. The van der Waals surface area contributed by atoms with E-state index < -0.39 is 0 Å². The highest BCUT2D eigenvalue weighted by molar-refractivity contribution is 5.98. The van der Waals surface area contributed by atoms with Crippen LogP contribution in [0.15, 0.2) is 41.0 Å². The Kier molecular flexibility index (Phi) is 4.84. The van der Waals surface area contributed by atoms with Gasteiger partial charge in [-0.1, -0.05) is 0 Å². The molecule has 0 radical (unpaired) electrons. The minimum absolute atomic E-state index is 0.0910. The number of fused-ring (bicyclic) bond motifs is 1. The summed E-state index contributed by atoms with van der Waals surface area (Å²) in [5, 5.41) is 0.